The van der Waals surface area contributed by atoms with Crippen LogP contribution >= 0.6 is 0 Å². The lowest BCUT2D eigenvalue weighted by molar-refractivity contribution is -0.131. The summed E-state index contributed by atoms with van der Waals surface area (Å²) in [7, 11) is 2.19. The molecule has 4 heteroatoms. The lowest BCUT2D eigenvalue weighted by atomic mass is 9.80. The van der Waals surface area contributed by atoms with Gasteiger partial charge in [-0.15, -0.1) is 0 Å². The first-order valence-electron chi connectivity index (χ1n) is 7.76. The Hall–Kier alpha value is -0.610. The third-order valence-corrected chi connectivity index (χ3v) is 4.73. The zero-order valence-electron chi connectivity index (χ0n) is 12.6. The Balaban J connectivity index is 1.66. The van der Waals surface area contributed by atoms with E-state index in [4.69, 9.17) is 0 Å². The molecule has 0 aromatic carbocycles. The molecule has 0 aromatic rings. The zero-order valence-corrected chi connectivity index (χ0v) is 12.6. The Bertz CT molecular complexity index is 292. The summed E-state index contributed by atoms with van der Waals surface area (Å²) in [4.78, 5) is 16.5. The molecule has 0 radical (unpaired) electrons. The van der Waals surface area contributed by atoms with Crippen molar-refractivity contribution in [3.05, 3.63) is 0 Å². The molecule has 1 N–H and O–H groups in total. The Morgan fingerprint density at radius 1 is 1.11 bits per heavy atom. The van der Waals surface area contributed by atoms with Crippen LogP contribution in [0.15, 0.2) is 0 Å². The Labute approximate surface area is 117 Å². The molecule has 2 saturated heterocycles. The fourth-order valence-electron chi connectivity index (χ4n) is 3.06. The number of hydrogen-bond acceptors (Lipinski definition) is 3. The first kappa shape index (κ1) is 14.8. The van der Waals surface area contributed by atoms with Crippen LogP contribution in [0, 0.1) is 5.41 Å². The zero-order chi connectivity index (χ0) is 13.7. The summed E-state index contributed by atoms with van der Waals surface area (Å²) >= 11 is 0. The Morgan fingerprint density at radius 3 is 2.37 bits per heavy atom. The van der Waals surface area contributed by atoms with Crippen molar-refractivity contribution in [2.24, 2.45) is 5.41 Å². The van der Waals surface area contributed by atoms with Crippen molar-refractivity contribution in [2.75, 3.05) is 46.3 Å². The van der Waals surface area contributed by atoms with E-state index in [-0.39, 0.29) is 5.91 Å². The number of nitrogens with one attached hydrogen (secondary N) is 1. The summed E-state index contributed by atoms with van der Waals surface area (Å²) in [5.41, 5.74) is 0.370. The molecule has 2 rings (SSSR count). The predicted molar refractivity (Wildman–Crippen MR) is 78.1 cm³/mol. The maximum atomic E-state index is 12.1. The number of carbonyl (C=O) groups excluding carboxylic acids is 1. The predicted octanol–water partition coefficient (Wildman–Crippen LogP) is 1.32. The number of nitrogens with zero attached hydrogens (tertiary/aromatic N) is 2. The van der Waals surface area contributed by atoms with Crippen molar-refractivity contribution in [1.82, 2.24) is 15.1 Å². The van der Waals surface area contributed by atoms with Gasteiger partial charge in [0.25, 0.3) is 0 Å². The molecular formula is C15H29N3O. The lowest BCUT2D eigenvalue weighted by Gasteiger charge is -2.38. The van der Waals surface area contributed by atoms with Crippen LogP contribution in [-0.2, 0) is 4.79 Å². The summed E-state index contributed by atoms with van der Waals surface area (Å²) in [6.45, 7) is 8.12. The molecule has 2 heterocycles. The van der Waals surface area contributed by atoms with E-state index in [2.05, 4.69) is 24.2 Å². The first-order chi connectivity index (χ1) is 9.09. The van der Waals surface area contributed by atoms with Crippen molar-refractivity contribution >= 4 is 5.91 Å². The Kier molecular flexibility index (Phi) is 5.22. The Morgan fingerprint density at radius 2 is 1.74 bits per heavy atom. The van der Waals surface area contributed by atoms with Gasteiger partial charge < -0.3 is 15.1 Å². The standard InChI is InChI=1S/C15H29N3O/c1-15(6-10-17(2)11-7-15)13-16-12-14(19)18-8-4-3-5-9-18/h16H,3-13H2,1-2H3. The highest BCUT2D eigenvalue weighted by molar-refractivity contribution is 5.78. The lowest BCUT2D eigenvalue weighted by Crippen LogP contribution is -2.46. The fourth-order valence-corrected chi connectivity index (χ4v) is 3.06. The van der Waals surface area contributed by atoms with Crippen molar-refractivity contribution in [1.29, 1.82) is 0 Å². The highest BCUT2D eigenvalue weighted by Crippen LogP contribution is 2.29. The number of amides is 1. The minimum atomic E-state index is 0.288. The number of piperidine rings is 2. The van der Waals surface area contributed by atoms with Gasteiger partial charge in [0.05, 0.1) is 6.54 Å². The van der Waals surface area contributed by atoms with Gasteiger partial charge in [0, 0.05) is 19.6 Å². The van der Waals surface area contributed by atoms with Gasteiger partial charge in [-0.3, -0.25) is 4.79 Å². The molecule has 0 aromatic heterocycles. The molecule has 19 heavy (non-hydrogen) atoms. The second-order valence-corrected chi connectivity index (χ2v) is 6.66. The topological polar surface area (TPSA) is 35.6 Å². The molecule has 0 aliphatic carbocycles. The van der Waals surface area contributed by atoms with Gasteiger partial charge in [-0.2, -0.15) is 0 Å². The van der Waals surface area contributed by atoms with Crippen molar-refractivity contribution in [3.63, 3.8) is 0 Å². The van der Waals surface area contributed by atoms with Gasteiger partial charge in [0.2, 0.25) is 5.91 Å². The summed E-state index contributed by atoms with van der Waals surface area (Å²) in [5, 5.41) is 3.40. The van der Waals surface area contributed by atoms with Crippen molar-refractivity contribution < 1.29 is 4.79 Å². The average Bonchev–Trinajstić information content (AvgIpc) is 2.43. The summed E-state index contributed by atoms with van der Waals surface area (Å²) < 4.78 is 0. The largest absolute Gasteiger partial charge is 0.342 e. The first-order valence-corrected chi connectivity index (χ1v) is 7.76. The molecular weight excluding hydrogens is 238 g/mol. The second-order valence-electron chi connectivity index (χ2n) is 6.66. The van der Waals surface area contributed by atoms with E-state index < -0.39 is 0 Å². The molecule has 1 amide bonds. The number of hydrogen-bond donors (Lipinski definition) is 1. The molecule has 2 fully saturated rings. The molecule has 110 valence electrons. The van der Waals surface area contributed by atoms with Crippen LogP contribution in [0.2, 0.25) is 0 Å². The van der Waals surface area contributed by atoms with Crippen molar-refractivity contribution in [2.45, 2.75) is 39.0 Å². The van der Waals surface area contributed by atoms with Gasteiger partial charge in [-0.1, -0.05) is 6.92 Å². The number of rotatable bonds is 4. The number of likely N-dealkylation sites (tertiary alicyclic amines) is 2. The van der Waals surface area contributed by atoms with E-state index in [1.165, 1.54) is 45.2 Å². The fraction of sp³-hybridized carbons (Fsp3) is 0.933. The van der Waals surface area contributed by atoms with Crippen molar-refractivity contribution in [3.8, 4) is 0 Å². The maximum absolute atomic E-state index is 12.1. The summed E-state index contributed by atoms with van der Waals surface area (Å²) in [6.07, 6.45) is 6.09. The monoisotopic (exact) mass is 267 g/mol. The van der Waals surface area contributed by atoms with Crippen LogP contribution in [-0.4, -0.2) is 62.0 Å². The van der Waals surface area contributed by atoms with E-state index in [9.17, 15) is 4.79 Å². The van der Waals surface area contributed by atoms with E-state index in [1.54, 1.807) is 0 Å². The van der Waals surface area contributed by atoms with Crippen LogP contribution in [0.5, 0.6) is 0 Å². The third kappa shape index (κ3) is 4.46. The summed E-state index contributed by atoms with van der Waals surface area (Å²) in [5.74, 6) is 0.288. The molecule has 0 saturated carbocycles. The normalized spacial score (nSPS) is 24.4. The molecule has 0 bridgehead atoms. The van der Waals surface area contributed by atoms with E-state index in [0.29, 0.717) is 12.0 Å². The van der Waals surface area contributed by atoms with Crippen LogP contribution in [0.3, 0.4) is 0 Å². The van der Waals surface area contributed by atoms with Crippen LogP contribution in [0.4, 0.5) is 0 Å². The average molecular weight is 267 g/mol. The highest BCUT2D eigenvalue weighted by atomic mass is 16.2. The maximum Gasteiger partial charge on any atom is 0.236 e. The minimum absolute atomic E-state index is 0.288. The van der Waals surface area contributed by atoms with E-state index in [0.717, 1.165) is 19.6 Å². The van der Waals surface area contributed by atoms with E-state index in [1.807, 2.05) is 4.90 Å². The van der Waals surface area contributed by atoms with Crippen LogP contribution in [0.25, 0.3) is 0 Å². The SMILES string of the molecule is CN1CCC(C)(CNCC(=O)N2CCCCC2)CC1. The second kappa shape index (κ2) is 6.71. The van der Waals surface area contributed by atoms with Crippen LogP contribution in [0.1, 0.15) is 39.0 Å². The molecule has 4 nitrogen and oxygen atoms in total. The summed E-state index contributed by atoms with van der Waals surface area (Å²) in [6, 6.07) is 0. The van der Waals surface area contributed by atoms with Gasteiger partial charge in [0.1, 0.15) is 0 Å². The smallest absolute Gasteiger partial charge is 0.236 e. The van der Waals surface area contributed by atoms with Gasteiger partial charge in [0.15, 0.2) is 0 Å². The highest BCUT2D eigenvalue weighted by Gasteiger charge is 2.28. The number of carbonyl (C=O) groups is 1. The van der Waals surface area contributed by atoms with Crippen LogP contribution < -0.4 is 5.32 Å². The molecule has 0 spiro atoms. The molecule has 0 unspecified atom stereocenters. The minimum Gasteiger partial charge on any atom is -0.342 e. The van der Waals surface area contributed by atoms with Gasteiger partial charge in [-0.05, 0) is 57.7 Å². The van der Waals surface area contributed by atoms with Gasteiger partial charge >= 0.3 is 0 Å². The van der Waals surface area contributed by atoms with E-state index >= 15 is 0 Å². The third-order valence-electron chi connectivity index (χ3n) is 4.73. The molecule has 2 aliphatic rings. The quantitative estimate of drug-likeness (QED) is 0.834. The van der Waals surface area contributed by atoms with Gasteiger partial charge in [-0.25, -0.2) is 0 Å². The molecule has 0 atom stereocenters. The molecule has 2 aliphatic heterocycles.